The first-order valence-corrected chi connectivity index (χ1v) is 9.18. The van der Waals surface area contributed by atoms with Gasteiger partial charge in [0.2, 0.25) is 0 Å². The number of nitrogens with one attached hydrogen (secondary N) is 1. The van der Waals surface area contributed by atoms with Crippen LogP contribution < -0.4 is 14.8 Å². The van der Waals surface area contributed by atoms with Crippen molar-refractivity contribution in [1.82, 2.24) is 5.32 Å². The van der Waals surface area contributed by atoms with Gasteiger partial charge >= 0.3 is 0 Å². The van der Waals surface area contributed by atoms with Crippen molar-refractivity contribution in [3.63, 3.8) is 0 Å². The second-order valence-electron chi connectivity index (χ2n) is 6.11. The zero-order valence-electron chi connectivity index (χ0n) is 13.7. The van der Waals surface area contributed by atoms with E-state index in [9.17, 15) is 4.79 Å². The third-order valence-electron chi connectivity index (χ3n) is 4.38. The molecular formula is C20H18BrNO3. The number of allylic oxidation sites excluding steroid dienone is 1. The summed E-state index contributed by atoms with van der Waals surface area (Å²) < 4.78 is 12.5. The van der Waals surface area contributed by atoms with E-state index in [0.717, 1.165) is 46.6 Å². The van der Waals surface area contributed by atoms with Gasteiger partial charge in [-0.15, -0.1) is 0 Å². The van der Waals surface area contributed by atoms with Crippen LogP contribution in [0.4, 0.5) is 0 Å². The predicted octanol–water partition coefficient (Wildman–Crippen LogP) is 3.98. The lowest BCUT2D eigenvalue weighted by Gasteiger charge is -2.23. The van der Waals surface area contributed by atoms with Crippen LogP contribution in [0.3, 0.4) is 0 Å². The number of rotatable bonds is 2. The van der Waals surface area contributed by atoms with E-state index in [2.05, 4.69) is 27.3 Å². The first-order valence-electron chi connectivity index (χ1n) is 8.39. The maximum Gasteiger partial charge on any atom is 0.187 e. The van der Waals surface area contributed by atoms with Gasteiger partial charge in [0.25, 0.3) is 0 Å². The van der Waals surface area contributed by atoms with E-state index in [1.165, 1.54) is 5.56 Å². The summed E-state index contributed by atoms with van der Waals surface area (Å²) in [6.07, 6.45) is 3.45. The maximum atomic E-state index is 12.6. The van der Waals surface area contributed by atoms with Crippen LogP contribution in [0.25, 0.3) is 5.70 Å². The van der Waals surface area contributed by atoms with Crippen LogP contribution in [0.15, 0.2) is 46.9 Å². The average Bonchev–Trinajstić information content (AvgIpc) is 2.85. The molecule has 0 radical (unpaired) electrons. The standard InChI is InChI=1S/C20H18BrNO3/c21-15-4-2-13(3-5-15)18(23)12-17-16-11-20-19(24-8-1-9-25-20)10-14(16)6-7-22-17/h2-5,10-12,22H,1,6-9H2/b17-12-. The molecule has 0 saturated heterocycles. The molecule has 0 aliphatic carbocycles. The highest BCUT2D eigenvalue weighted by molar-refractivity contribution is 9.10. The van der Waals surface area contributed by atoms with Gasteiger partial charge < -0.3 is 14.8 Å². The van der Waals surface area contributed by atoms with Gasteiger partial charge in [0, 0.05) is 40.3 Å². The van der Waals surface area contributed by atoms with E-state index in [0.29, 0.717) is 18.8 Å². The fraction of sp³-hybridized carbons (Fsp3) is 0.250. The first-order chi connectivity index (χ1) is 12.2. The molecule has 128 valence electrons. The maximum absolute atomic E-state index is 12.6. The highest BCUT2D eigenvalue weighted by Crippen LogP contribution is 2.36. The third kappa shape index (κ3) is 3.42. The highest BCUT2D eigenvalue weighted by Gasteiger charge is 2.20. The summed E-state index contributed by atoms with van der Waals surface area (Å²) in [5, 5.41) is 3.34. The van der Waals surface area contributed by atoms with Crippen LogP contribution in [0.2, 0.25) is 0 Å². The molecule has 0 atom stereocenters. The van der Waals surface area contributed by atoms with Gasteiger partial charge in [-0.3, -0.25) is 4.79 Å². The molecule has 0 fully saturated rings. The van der Waals surface area contributed by atoms with Crippen LogP contribution in [0.5, 0.6) is 11.5 Å². The average molecular weight is 400 g/mol. The molecule has 2 aliphatic rings. The molecule has 0 saturated carbocycles. The molecular weight excluding hydrogens is 382 g/mol. The molecule has 2 aliphatic heterocycles. The predicted molar refractivity (Wildman–Crippen MR) is 100 cm³/mol. The Morgan fingerprint density at radius 1 is 1.08 bits per heavy atom. The Bertz CT molecular complexity index is 843. The van der Waals surface area contributed by atoms with Crippen LogP contribution in [-0.4, -0.2) is 25.5 Å². The molecule has 4 rings (SSSR count). The number of hydrogen-bond donors (Lipinski definition) is 1. The van der Waals surface area contributed by atoms with E-state index >= 15 is 0 Å². The zero-order chi connectivity index (χ0) is 17.2. The van der Waals surface area contributed by atoms with Crippen molar-refractivity contribution in [3.8, 4) is 11.5 Å². The molecule has 2 aromatic rings. The molecule has 0 amide bonds. The lowest BCUT2D eigenvalue weighted by atomic mass is 9.95. The van der Waals surface area contributed by atoms with E-state index in [1.807, 2.05) is 30.3 Å². The Morgan fingerprint density at radius 3 is 2.56 bits per heavy atom. The van der Waals surface area contributed by atoms with Crippen molar-refractivity contribution in [3.05, 3.63) is 63.6 Å². The summed E-state index contributed by atoms with van der Waals surface area (Å²) >= 11 is 3.39. The smallest absolute Gasteiger partial charge is 0.187 e. The van der Waals surface area contributed by atoms with Crippen LogP contribution in [0, 0.1) is 0 Å². The van der Waals surface area contributed by atoms with Crippen molar-refractivity contribution in [2.45, 2.75) is 12.8 Å². The summed E-state index contributed by atoms with van der Waals surface area (Å²) in [4.78, 5) is 12.6. The SMILES string of the molecule is O=C(/C=C1\NCCc2cc3c(cc21)OCCCO3)c1ccc(Br)cc1. The number of hydrogen-bond acceptors (Lipinski definition) is 4. The van der Waals surface area contributed by atoms with Gasteiger partial charge in [-0.2, -0.15) is 0 Å². The topological polar surface area (TPSA) is 47.6 Å². The Balaban J connectivity index is 1.70. The molecule has 0 unspecified atom stereocenters. The number of carbonyl (C=O) groups excluding carboxylic acids is 1. The van der Waals surface area contributed by atoms with Gasteiger partial charge in [0.15, 0.2) is 17.3 Å². The van der Waals surface area contributed by atoms with Crippen molar-refractivity contribution in [2.24, 2.45) is 0 Å². The summed E-state index contributed by atoms with van der Waals surface area (Å²) in [6, 6.07) is 11.4. The quantitative estimate of drug-likeness (QED) is 0.612. The van der Waals surface area contributed by atoms with Gasteiger partial charge in [0.05, 0.1) is 13.2 Å². The molecule has 0 aromatic heterocycles. The minimum atomic E-state index is -0.0186. The number of carbonyl (C=O) groups is 1. The van der Waals surface area contributed by atoms with Crippen molar-refractivity contribution in [1.29, 1.82) is 0 Å². The number of ketones is 1. The van der Waals surface area contributed by atoms with E-state index in [4.69, 9.17) is 9.47 Å². The molecule has 2 aromatic carbocycles. The van der Waals surface area contributed by atoms with E-state index in [1.54, 1.807) is 6.08 Å². The lowest BCUT2D eigenvalue weighted by molar-refractivity contribution is 0.104. The molecule has 0 bridgehead atoms. The number of fused-ring (bicyclic) bond motifs is 2. The Kier molecular flexibility index (Phi) is 4.49. The van der Waals surface area contributed by atoms with E-state index in [-0.39, 0.29) is 5.78 Å². The molecule has 0 spiro atoms. The summed E-state index contributed by atoms with van der Waals surface area (Å²) in [5.41, 5.74) is 3.70. The minimum absolute atomic E-state index is 0.0186. The van der Waals surface area contributed by atoms with Crippen molar-refractivity contribution >= 4 is 27.4 Å². The van der Waals surface area contributed by atoms with Gasteiger partial charge in [0.1, 0.15) is 0 Å². The summed E-state index contributed by atoms with van der Waals surface area (Å²) in [5.74, 6) is 1.54. The van der Waals surface area contributed by atoms with Crippen molar-refractivity contribution < 1.29 is 14.3 Å². The van der Waals surface area contributed by atoms with Crippen LogP contribution in [0.1, 0.15) is 27.9 Å². The number of benzene rings is 2. The second kappa shape index (κ2) is 6.92. The van der Waals surface area contributed by atoms with Gasteiger partial charge in [-0.1, -0.05) is 15.9 Å². The third-order valence-corrected chi connectivity index (χ3v) is 4.91. The summed E-state index contributed by atoms with van der Waals surface area (Å²) in [7, 11) is 0. The monoisotopic (exact) mass is 399 g/mol. The van der Waals surface area contributed by atoms with Crippen LogP contribution in [-0.2, 0) is 6.42 Å². The van der Waals surface area contributed by atoms with Gasteiger partial charge in [-0.05, 0) is 48.4 Å². The zero-order valence-corrected chi connectivity index (χ0v) is 15.3. The molecule has 5 heteroatoms. The Morgan fingerprint density at radius 2 is 1.80 bits per heavy atom. The Labute approximate surface area is 155 Å². The Hall–Kier alpha value is -2.27. The molecule has 4 nitrogen and oxygen atoms in total. The fourth-order valence-corrected chi connectivity index (χ4v) is 3.36. The minimum Gasteiger partial charge on any atom is -0.490 e. The number of halogens is 1. The molecule has 1 N–H and O–H groups in total. The van der Waals surface area contributed by atoms with Crippen molar-refractivity contribution in [2.75, 3.05) is 19.8 Å². The normalized spacial score (nSPS) is 17.4. The molecule has 25 heavy (non-hydrogen) atoms. The highest BCUT2D eigenvalue weighted by atomic mass is 79.9. The van der Waals surface area contributed by atoms with Gasteiger partial charge in [-0.25, -0.2) is 0 Å². The fourth-order valence-electron chi connectivity index (χ4n) is 3.09. The second-order valence-corrected chi connectivity index (χ2v) is 7.03. The van der Waals surface area contributed by atoms with Crippen LogP contribution >= 0.6 is 15.9 Å². The first kappa shape index (κ1) is 16.2. The molecule has 2 heterocycles. The van der Waals surface area contributed by atoms with E-state index < -0.39 is 0 Å². The lowest BCUT2D eigenvalue weighted by Crippen LogP contribution is -2.23. The number of ether oxygens (including phenoxy) is 2. The largest absolute Gasteiger partial charge is 0.490 e. The summed E-state index contributed by atoms with van der Waals surface area (Å²) in [6.45, 7) is 2.12.